The van der Waals surface area contributed by atoms with E-state index in [9.17, 15) is 14.4 Å². The molecule has 0 atom stereocenters. The number of aryl methyl sites for hydroxylation is 1. The lowest BCUT2D eigenvalue weighted by molar-refractivity contribution is -0.119. The van der Waals surface area contributed by atoms with Crippen LogP contribution < -0.4 is 10.9 Å². The molecule has 0 aliphatic carbocycles. The van der Waals surface area contributed by atoms with E-state index in [-0.39, 0.29) is 23.0 Å². The lowest BCUT2D eigenvalue weighted by atomic mass is 9.92. The average molecular weight is 476 g/mol. The second kappa shape index (κ2) is 10.4. The van der Waals surface area contributed by atoms with E-state index in [1.54, 1.807) is 22.8 Å². The molecule has 184 valence electrons. The summed E-state index contributed by atoms with van der Waals surface area (Å²) in [7, 11) is 0. The van der Waals surface area contributed by atoms with Crippen molar-refractivity contribution < 1.29 is 14.3 Å². The Labute approximate surface area is 205 Å². The Morgan fingerprint density at radius 3 is 2.43 bits per heavy atom. The molecule has 0 spiro atoms. The van der Waals surface area contributed by atoms with Crippen molar-refractivity contribution in [3.63, 3.8) is 0 Å². The number of hydrogen-bond donors (Lipinski definition) is 1. The Morgan fingerprint density at radius 1 is 1.03 bits per heavy atom. The van der Waals surface area contributed by atoms with Gasteiger partial charge in [0.2, 0.25) is 0 Å². The van der Waals surface area contributed by atoms with E-state index in [4.69, 9.17) is 4.74 Å². The number of anilines is 1. The first kappa shape index (κ1) is 24.6. The van der Waals surface area contributed by atoms with Crippen LogP contribution in [0.4, 0.5) is 5.69 Å². The zero-order valence-corrected chi connectivity index (χ0v) is 20.9. The van der Waals surface area contributed by atoms with Gasteiger partial charge in [-0.1, -0.05) is 52.3 Å². The van der Waals surface area contributed by atoms with Gasteiger partial charge in [0.05, 0.1) is 16.5 Å². The number of aromatic nitrogens is 2. The molecule has 35 heavy (non-hydrogen) atoms. The fourth-order valence-electron chi connectivity index (χ4n) is 4.63. The zero-order valence-electron chi connectivity index (χ0n) is 20.9. The number of hydrogen-bond acceptors (Lipinski definition) is 5. The minimum atomic E-state index is -0.625. The molecule has 0 saturated carbocycles. The standard InChI is InChI=1S/C28H33N3O4/c1-17(2)20-9-8-10-21(18(3)4)26(20)30-25(32)16-35-28(34)19-12-13-22-23(15-19)29-24-11-6-5-7-14-31(24)27(22)33/h8-10,12-13,15,17-18H,5-7,11,14,16H2,1-4H3,(H,30,32). The number of amides is 1. The maximum atomic E-state index is 12.9. The molecule has 0 unspecified atom stereocenters. The zero-order chi connectivity index (χ0) is 25.1. The number of carbonyl (C=O) groups excluding carboxylic acids is 2. The fourth-order valence-corrected chi connectivity index (χ4v) is 4.63. The van der Waals surface area contributed by atoms with Crippen molar-refractivity contribution in [2.24, 2.45) is 0 Å². The predicted molar refractivity (Wildman–Crippen MR) is 137 cm³/mol. The van der Waals surface area contributed by atoms with Gasteiger partial charge in [-0.25, -0.2) is 9.78 Å². The summed E-state index contributed by atoms with van der Waals surface area (Å²) >= 11 is 0. The largest absolute Gasteiger partial charge is 0.452 e. The van der Waals surface area contributed by atoms with Crippen molar-refractivity contribution in [2.45, 2.75) is 71.8 Å². The van der Waals surface area contributed by atoms with E-state index in [2.05, 4.69) is 38.0 Å². The maximum absolute atomic E-state index is 12.9. The highest BCUT2D eigenvalue weighted by Crippen LogP contribution is 2.32. The molecule has 1 aliphatic rings. The van der Waals surface area contributed by atoms with Crippen molar-refractivity contribution >= 4 is 28.5 Å². The van der Waals surface area contributed by atoms with Gasteiger partial charge >= 0.3 is 5.97 Å². The van der Waals surface area contributed by atoms with Gasteiger partial charge in [0.15, 0.2) is 6.61 Å². The van der Waals surface area contributed by atoms with Crippen LogP contribution >= 0.6 is 0 Å². The highest BCUT2D eigenvalue weighted by molar-refractivity contribution is 5.98. The van der Waals surface area contributed by atoms with E-state index >= 15 is 0 Å². The SMILES string of the molecule is CC(C)c1cccc(C(C)C)c1NC(=O)COC(=O)c1ccc2c(=O)n3c(nc2c1)CCCCC3. The van der Waals surface area contributed by atoms with E-state index in [0.717, 1.165) is 48.3 Å². The van der Waals surface area contributed by atoms with Gasteiger partial charge in [-0.2, -0.15) is 0 Å². The maximum Gasteiger partial charge on any atom is 0.338 e. The van der Waals surface area contributed by atoms with Gasteiger partial charge in [0, 0.05) is 18.7 Å². The Kier molecular flexibility index (Phi) is 7.34. The first-order valence-corrected chi connectivity index (χ1v) is 12.4. The topological polar surface area (TPSA) is 90.3 Å². The molecule has 1 aliphatic heterocycles. The van der Waals surface area contributed by atoms with Crippen molar-refractivity contribution in [1.82, 2.24) is 9.55 Å². The molecule has 1 amide bonds. The summed E-state index contributed by atoms with van der Waals surface area (Å²) in [6.07, 6.45) is 3.77. The summed E-state index contributed by atoms with van der Waals surface area (Å²) < 4.78 is 7.06. The van der Waals surface area contributed by atoms with Gasteiger partial charge in [0.25, 0.3) is 11.5 Å². The lowest BCUT2D eigenvalue weighted by Gasteiger charge is -2.20. The van der Waals surface area contributed by atoms with Crippen LogP contribution in [0.5, 0.6) is 0 Å². The Morgan fingerprint density at radius 2 is 1.74 bits per heavy atom. The Bertz CT molecular complexity index is 1300. The van der Waals surface area contributed by atoms with Crippen LogP contribution in [-0.4, -0.2) is 28.0 Å². The molecule has 1 aromatic heterocycles. The van der Waals surface area contributed by atoms with Gasteiger partial charge in [-0.15, -0.1) is 0 Å². The van der Waals surface area contributed by atoms with Crippen LogP contribution in [0.2, 0.25) is 0 Å². The molecule has 4 rings (SSSR count). The minimum absolute atomic E-state index is 0.0732. The summed E-state index contributed by atoms with van der Waals surface area (Å²) in [6.45, 7) is 8.58. The number of esters is 1. The van der Waals surface area contributed by atoms with Crippen molar-refractivity contribution in [1.29, 1.82) is 0 Å². The van der Waals surface area contributed by atoms with Gasteiger partial charge < -0.3 is 10.1 Å². The number of nitrogens with zero attached hydrogens (tertiary/aromatic N) is 2. The molecule has 1 N–H and O–H groups in total. The first-order chi connectivity index (χ1) is 16.8. The van der Waals surface area contributed by atoms with E-state index in [0.29, 0.717) is 17.4 Å². The van der Waals surface area contributed by atoms with Crippen LogP contribution in [0.1, 0.15) is 86.1 Å². The molecule has 2 aromatic carbocycles. The summed E-state index contributed by atoms with van der Waals surface area (Å²) in [5.74, 6) is 0.206. The Hall–Kier alpha value is -3.48. The smallest absolute Gasteiger partial charge is 0.338 e. The van der Waals surface area contributed by atoms with E-state index < -0.39 is 18.5 Å². The predicted octanol–water partition coefficient (Wildman–Crippen LogP) is 5.17. The molecule has 7 nitrogen and oxygen atoms in total. The number of benzene rings is 2. The molecule has 0 fully saturated rings. The molecule has 2 heterocycles. The lowest BCUT2D eigenvalue weighted by Crippen LogP contribution is -2.25. The summed E-state index contributed by atoms with van der Waals surface area (Å²) in [5.41, 5.74) is 3.55. The number of carbonyl (C=O) groups is 2. The number of para-hydroxylation sites is 1. The van der Waals surface area contributed by atoms with Gasteiger partial charge in [-0.3, -0.25) is 14.2 Å². The average Bonchev–Trinajstić information content (AvgIpc) is 3.08. The third-order valence-electron chi connectivity index (χ3n) is 6.52. The second-order valence-corrected chi connectivity index (χ2v) is 9.77. The normalized spacial score (nSPS) is 13.5. The minimum Gasteiger partial charge on any atom is -0.452 e. The van der Waals surface area contributed by atoms with E-state index in [1.807, 2.05) is 18.2 Å². The van der Waals surface area contributed by atoms with Crippen molar-refractivity contribution in [3.8, 4) is 0 Å². The second-order valence-electron chi connectivity index (χ2n) is 9.77. The third kappa shape index (κ3) is 5.29. The molecular formula is C28H33N3O4. The van der Waals surface area contributed by atoms with Crippen LogP contribution in [0, 0.1) is 0 Å². The Balaban J connectivity index is 1.50. The highest BCUT2D eigenvalue weighted by atomic mass is 16.5. The summed E-state index contributed by atoms with van der Waals surface area (Å²) in [6, 6.07) is 10.8. The van der Waals surface area contributed by atoms with Gasteiger partial charge in [-0.05, 0) is 54.0 Å². The summed E-state index contributed by atoms with van der Waals surface area (Å²) in [4.78, 5) is 43.0. The van der Waals surface area contributed by atoms with Crippen LogP contribution in [-0.2, 0) is 22.5 Å². The third-order valence-corrected chi connectivity index (χ3v) is 6.52. The number of ether oxygens (including phenoxy) is 1. The first-order valence-electron chi connectivity index (χ1n) is 12.4. The quantitative estimate of drug-likeness (QED) is 0.497. The van der Waals surface area contributed by atoms with E-state index in [1.165, 1.54) is 0 Å². The molecular weight excluding hydrogens is 442 g/mol. The molecule has 0 saturated heterocycles. The number of rotatable bonds is 6. The van der Waals surface area contributed by atoms with Crippen molar-refractivity contribution in [3.05, 3.63) is 69.3 Å². The van der Waals surface area contributed by atoms with Crippen LogP contribution in [0.25, 0.3) is 10.9 Å². The van der Waals surface area contributed by atoms with Gasteiger partial charge in [0.1, 0.15) is 5.82 Å². The molecule has 3 aromatic rings. The number of fused-ring (bicyclic) bond motifs is 2. The van der Waals surface area contributed by atoms with Crippen LogP contribution in [0.3, 0.4) is 0 Å². The highest BCUT2D eigenvalue weighted by Gasteiger charge is 2.19. The van der Waals surface area contributed by atoms with Crippen LogP contribution in [0.15, 0.2) is 41.2 Å². The fraction of sp³-hybridized carbons (Fsp3) is 0.429. The molecule has 0 radical (unpaired) electrons. The molecule has 7 heteroatoms. The monoisotopic (exact) mass is 475 g/mol. The number of nitrogens with one attached hydrogen (secondary N) is 1. The van der Waals surface area contributed by atoms with Crippen molar-refractivity contribution in [2.75, 3.05) is 11.9 Å². The molecule has 0 bridgehead atoms. The summed E-state index contributed by atoms with van der Waals surface area (Å²) in [5, 5.41) is 3.44.